The predicted octanol–water partition coefficient (Wildman–Crippen LogP) is 1.63. The molecule has 0 aromatic heterocycles. The maximum absolute atomic E-state index is 9.77. The molecule has 3 heteroatoms. The number of aliphatic imine (C=N–C) groups is 1. The van der Waals surface area contributed by atoms with Gasteiger partial charge in [-0.15, -0.1) is 0 Å². The van der Waals surface area contributed by atoms with Gasteiger partial charge in [0.1, 0.15) is 5.60 Å². The molecule has 0 aromatic carbocycles. The second-order valence-electron chi connectivity index (χ2n) is 2.55. The summed E-state index contributed by atoms with van der Waals surface area (Å²) in [5, 5.41) is 9.77. The van der Waals surface area contributed by atoms with Crippen LogP contribution >= 0.6 is 0 Å². The molecule has 0 aliphatic rings. The van der Waals surface area contributed by atoms with Crippen LogP contribution in [-0.4, -0.2) is 23.5 Å². The second-order valence-corrected chi connectivity index (χ2v) is 2.55. The normalized spacial score (nSPS) is 12.6. The minimum absolute atomic E-state index is 0. The molecule has 0 fully saturated rings. The van der Waals surface area contributed by atoms with E-state index in [0.29, 0.717) is 0 Å². The smallest absolute Gasteiger partial charge is 0.101 e. The molecule has 0 aliphatic carbocycles. The predicted molar refractivity (Wildman–Crippen MR) is 44.6 cm³/mol. The Morgan fingerprint density at radius 2 is 1.73 bits per heavy atom. The van der Waals surface area contributed by atoms with E-state index in [1.807, 2.05) is 20.8 Å². The molecule has 0 aromatic rings. The first-order chi connectivity index (χ1) is 4.60. The topological polar surface area (TPSA) is 32.6 Å². The van der Waals surface area contributed by atoms with Crippen molar-refractivity contribution in [2.45, 2.75) is 39.2 Å². The van der Waals surface area contributed by atoms with Crippen LogP contribution in [0, 0.1) is 46.9 Å². The summed E-state index contributed by atoms with van der Waals surface area (Å²) in [5.41, 5.74) is 0.173. The van der Waals surface area contributed by atoms with Crippen LogP contribution in [0.3, 0.4) is 0 Å². The quantitative estimate of drug-likeness (QED) is 0.789. The van der Waals surface area contributed by atoms with Gasteiger partial charge in [-0.1, -0.05) is 13.8 Å². The second kappa shape index (κ2) is 6.64. The Kier molecular flexibility index (Phi) is 8.85. The summed E-state index contributed by atoms with van der Waals surface area (Å²) in [6, 6.07) is 0. The molecule has 0 saturated carbocycles. The number of hydrogen-bond acceptors (Lipinski definition) is 2. The van der Waals surface area contributed by atoms with Crippen LogP contribution < -0.4 is 0 Å². The van der Waals surface area contributed by atoms with Gasteiger partial charge < -0.3 is 5.11 Å². The number of nitrogens with zero attached hydrogens (tertiary/aromatic N) is 1. The molecule has 0 unspecified atom stereocenters. The average molecular weight is 316 g/mol. The summed E-state index contributed by atoms with van der Waals surface area (Å²) >= 11 is 0. The van der Waals surface area contributed by atoms with Crippen LogP contribution in [0.5, 0.6) is 0 Å². The SMILES string of the molecule is CCC(O)(CC)C(C)=NC.[Yb]. The minimum atomic E-state index is -0.658. The van der Waals surface area contributed by atoms with E-state index in [0.717, 1.165) is 18.6 Å². The molecular formula is C8H17NOYb. The third-order valence-electron chi connectivity index (χ3n) is 2.18. The Balaban J connectivity index is 0. The first kappa shape index (κ1) is 14.7. The van der Waals surface area contributed by atoms with Crippen LogP contribution in [0.1, 0.15) is 33.6 Å². The van der Waals surface area contributed by atoms with Gasteiger partial charge >= 0.3 is 0 Å². The largest absolute Gasteiger partial charge is 0.384 e. The van der Waals surface area contributed by atoms with Crippen molar-refractivity contribution in [3.63, 3.8) is 0 Å². The summed E-state index contributed by atoms with van der Waals surface area (Å²) < 4.78 is 0. The Labute approximate surface area is 108 Å². The van der Waals surface area contributed by atoms with Gasteiger partial charge in [0, 0.05) is 59.7 Å². The van der Waals surface area contributed by atoms with E-state index in [1.54, 1.807) is 7.05 Å². The van der Waals surface area contributed by atoms with Crippen molar-refractivity contribution >= 4 is 5.71 Å². The van der Waals surface area contributed by atoms with Crippen LogP contribution in [0.15, 0.2) is 4.99 Å². The molecule has 0 atom stereocenters. The molecule has 0 heterocycles. The van der Waals surface area contributed by atoms with Gasteiger partial charge in [-0.2, -0.15) is 0 Å². The monoisotopic (exact) mass is 317 g/mol. The first-order valence-electron chi connectivity index (χ1n) is 3.77. The Hall–Kier alpha value is 1.15. The van der Waals surface area contributed by atoms with Crippen LogP contribution in [0.4, 0.5) is 0 Å². The standard InChI is InChI=1S/C8H17NO.Yb/c1-5-8(10,6-2)7(3)9-4;/h10H,5-6H2,1-4H3;. The third kappa shape index (κ3) is 4.07. The number of aliphatic hydroxyl groups is 1. The fourth-order valence-electron chi connectivity index (χ4n) is 0.970. The van der Waals surface area contributed by atoms with Crippen LogP contribution in [0.2, 0.25) is 0 Å². The summed E-state index contributed by atoms with van der Waals surface area (Å²) in [4.78, 5) is 3.97. The van der Waals surface area contributed by atoms with Crippen molar-refractivity contribution in [1.82, 2.24) is 0 Å². The summed E-state index contributed by atoms with van der Waals surface area (Å²) in [6.07, 6.45) is 1.49. The first-order valence-corrected chi connectivity index (χ1v) is 3.77. The van der Waals surface area contributed by atoms with Crippen molar-refractivity contribution in [3.05, 3.63) is 0 Å². The number of hydrogen-bond donors (Lipinski definition) is 1. The molecular weight excluding hydrogens is 299 g/mol. The van der Waals surface area contributed by atoms with Gasteiger partial charge in [-0.25, -0.2) is 0 Å². The van der Waals surface area contributed by atoms with Gasteiger partial charge in [0.15, 0.2) is 0 Å². The van der Waals surface area contributed by atoms with Crippen molar-refractivity contribution in [1.29, 1.82) is 0 Å². The zero-order valence-corrected chi connectivity index (χ0v) is 9.29. The van der Waals surface area contributed by atoms with Gasteiger partial charge in [0.05, 0.1) is 0 Å². The van der Waals surface area contributed by atoms with Gasteiger partial charge in [-0.05, 0) is 19.8 Å². The Bertz CT molecular complexity index is 130. The maximum Gasteiger partial charge on any atom is 0.101 e. The zero-order chi connectivity index (χ0) is 8.20. The van der Waals surface area contributed by atoms with E-state index in [1.165, 1.54) is 0 Å². The van der Waals surface area contributed by atoms with Crippen molar-refractivity contribution in [2.75, 3.05) is 7.05 Å². The Morgan fingerprint density at radius 3 is 1.82 bits per heavy atom. The molecule has 11 heavy (non-hydrogen) atoms. The maximum atomic E-state index is 9.77. The molecule has 0 spiro atoms. The van der Waals surface area contributed by atoms with Gasteiger partial charge in [0.25, 0.3) is 0 Å². The van der Waals surface area contributed by atoms with Crippen molar-refractivity contribution in [3.8, 4) is 0 Å². The molecule has 0 radical (unpaired) electrons. The van der Waals surface area contributed by atoms with E-state index in [2.05, 4.69) is 4.99 Å². The van der Waals surface area contributed by atoms with Crippen LogP contribution in [0.25, 0.3) is 0 Å². The summed E-state index contributed by atoms with van der Waals surface area (Å²) in [5.74, 6) is 0. The van der Waals surface area contributed by atoms with E-state index in [-0.39, 0.29) is 46.9 Å². The van der Waals surface area contributed by atoms with Crippen molar-refractivity contribution in [2.24, 2.45) is 4.99 Å². The fourth-order valence-corrected chi connectivity index (χ4v) is 0.970. The van der Waals surface area contributed by atoms with Gasteiger partial charge in [-0.3, -0.25) is 4.99 Å². The van der Waals surface area contributed by atoms with Gasteiger partial charge in [0.2, 0.25) is 0 Å². The van der Waals surface area contributed by atoms with Crippen LogP contribution in [-0.2, 0) is 0 Å². The molecule has 2 nitrogen and oxygen atoms in total. The van der Waals surface area contributed by atoms with E-state index in [4.69, 9.17) is 0 Å². The minimum Gasteiger partial charge on any atom is -0.384 e. The summed E-state index contributed by atoms with van der Waals surface area (Å²) in [6.45, 7) is 5.81. The molecule has 0 aliphatic heterocycles. The summed E-state index contributed by atoms with van der Waals surface area (Å²) in [7, 11) is 1.71. The third-order valence-corrected chi connectivity index (χ3v) is 2.18. The van der Waals surface area contributed by atoms with E-state index in [9.17, 15) is 5.11 Å². The Morgan fingerprint density at radius 1 is 1.36 bits per heavy atom. The van der Waals surface area contributed by atoms with E-state index >= 15 is 0 Å². The molecule has 1 N–H and O–H groups in total. The zero-order valence-electron chi connectivity index (χ0n) is 7.58. The molecule has 0 bridgehead atoms. The molecule has 0 amide bonds. The molecule has 0 rings (SSSR count). The van der Waals surface area contributed by atoms with E-state index < -0.39 is 5.60 Å². The average Bonchev–Trinajstić information content (AvgIpc) is 2.01. The molecule has 74 valence electrons. The molecule has 0 saturated heterocycles. The fraction of sp³-hybridized carbons (Fsp3) is 0.875. The number of rotatable bonds is 3. The van der Waals surface area contributed by atoms with Crippen molar-refractivity contribution < 1.29 is 52.0 Å².